The molecule has 0 bridgehead atoms. The molecule has 2 heterocycles. The van der Waals surface area contributed by atoms with Crippen molar-refractivity contribution in [3.63, 3.8) is 0 Å². The predicted octanol–water partition coefficient (Wildman–Crippen LogP) is 4.58. The molecule has 2 aromatic carbocycles. The summed E-state index contributed by atoms with van der Waals surface area (Å²) in [6.45, 7) is 8.06. The Labute approximate surface area is 210 Å². The summed E-state index contributed by atoms with van der Waals surface area (Å²) in [6.07, 6.45) is 3.29. The molecule has 1 aromatic heterocycles. The topological polar surface area (TPSA) is 66.0 Å². The first-order chi connectivity index (χ1) is 17.0. The summed E-state index contributed by atoms with van der Waals surface area (Å²) >= 11 is 1.38. The summed E-state index contributed by atoms with van der Waals surface area (Å²) in [4.78, 5) is 35.3. The Morgan fingerprint density at radius 1 is 1.06 bits per heavy atom. The molecule has 2 amide bonds. The van der Waals surface area contributed by atoms with Crippen LogP contribution in [0.3, 0.4) is 0 Å². The van der Waals surface area contributed by atoms with Crippen molar-refractivity contribution < 1.29 is 14.3 Å². The molecule has 8 heteroatoms. The number of carbonyl (C=O) groups is 2. The highest BCUT2D eigenvalue weighted by molar-refractivity contribution is 7.14. The fraction of sp³-hybridized carbons (Fsp3) is 0.296. The molecule has 0 saturated carbocycles. The van der Waals surface area contributed by atoms with Gasteiger partial charge < -0.3 is 9.64 Å². The van der Waals surface area contributed by atoms with Crippen molar-refractivity contribution in [2.75, 3.05) is 37.7 Å². The highest BCUT2D eigenvalue weighted by Gasteiger charge is 2.20. The molecule has 0 radical (unpaired) electrons. The normalized spacial score (nSPS) is 14.3. The van der Waals surface area contributed by atoms with Gasteiger partial charge in [-0.2, -0.15) is 0 Å². The Morgan fingerprint density at radius 2 is 1.77 bits per heavy atom. The van der Waals surface area contributed by atoms with Gasteiger partial charge in [-0.15, -0.1) is 11.3 Å². The van der Waals surface area contributed by atoms with Crippen LogP contribution in [0.4, 0.5) is 10.8 Å². The van der Waals surface area contributed by atoms with E-state index in [2.05, 4.69) is 22.0 Å². The Morgan fingerprint density at radius 3 is 2.43 bits per heavy atom. The zero-order valence-corrected chi connectivity index (χ0v) is 20.9. The van der Waals surface area contributed by atoms with Crippen LogP contribution in [0.5, 0.6) is 5.75 Å². The van der Waals surface area contributed by atoms with Gasteiger partial charge in [-0.25, -0.2) is 4.98 Å². The molecule has 1 fully saturated rings. The maximum atomic E-state index is 12.7. The number of rotatable bonds is 8. The third-order valence-electron chi connectivity index (χ3n) is 5.75. The van der Waals surface area contributed by atoms with Gasteiger partial charge in [0.25, 0.3) is 0 Å². The smallest absolute Gasteiger partial charge is 0.246 e. The van der Waals surface area contributed by atoms with E-state index in [1.165, 1.54) is 23.8 Å². The zero-order chi connectivity index (χ0) is 24.6. The summed E-state index contributed by atoms with van der Waals surface area (Å²) in [6, 6.07) is 17.6. The molecular formula is C27H30N4O3S. The van der Waals surface area contributed by atoms with Crippen LogP contribution in [0.15, 0.2) is 66.1 Å². The minimum Gasteiger partial charge on any atom is -0.494 e. The minimum atomic E-state index is -0.111. The molecule has 182 valence electrons. The van der Waals surface area contributed by atoms with Crippen LogP contribution in [-0.4, -0.2) is 59.4 Å². The maximum absolute atomic E-state index is 12.7. The van der Waals surface area contributed by atoms with Crippen LogP contribution in [0.1, 0.15) is 25.1 Å². The lowest BCUT2D eigenvalue weighted by atomic mass is 10.2. The number of ether oxygens (including phenoxy) is 1. The molecule has 0 aliphatic carbocycles. The number of carbonyl (C=O) groups excluding carboxylic acids is 2. The summed E-state index contributed by atoms with van der Waals surface area (Å²) < 4.78 is 5.50. The van der Waals surface area contributed by atoms with E-state index in [1.54, 1.807) is 17.1 Å². The second-order valence-electron chi connectivity index (χ2n) is 8.26. The van der Waals surface area contributed by atoms with Crippen molar-refractivity contribution >= 4 is 40.0 Å². The molecule has 1 aliphatic rings. The number of nitrogens with zero attached hydrogens (tertiary/aromatic N) is 4. The van der Waals surface area contributed by atoms with Crippen molar-refractivity contribution in [3.8, 4) is 5.75 Å². The number of hydrogen-bond donors (Lipinski definition) is 0. The predicted molar refractivity (Wildman–Crippen MR) is 140 cm³/mol. The summed E-state index contributed by atoms with van der Waals surface area (Å²) in [5, 5.41) is 2.44. The van der Waals surface area contributed by atoms with Gasteiger partial charge in [-0.05, 0) is 42.8 Å². The van der Waals surface area contributed by atoms with Gasteiger partial charge >= 0.3 is 0 Å². The van der Waals surface area contributed by atoms with Gasteiger partial charge in [-0.3, -0.25) is 19.4 Å². The van der Waals surface area contributed by atoms with E-state index in [9.17, 15) is 9.59 Å². The number of hydrogen-bond acceptors (Lipinski definition) is 6. The van der Waals surface area contributed by atoms with Crippen molar-refractivity contribution in [3.05, 3.63) is 77.3 Å². The third kappa shape index (κ3) is 6.55. The van der Waals surface area contributed by atoms with E-state index in [0.717, 1.165) is 31.1 Å². The van der Waals surface area contributed by atoms with Gasteiger partial charge in [0.15, 0.2) is 5.13 Å². The molecule has 4 rings (SSSR count). The van der Waals surface area contributed by atoms with Crippen LogP contribution in [0, 0.1) is 0 Å². The third-order valence-corrected chi connectivity index (χ3v) is 6.60. The van der Waals surface area contributed by atoms with Crippen molar-refractivity contribution in [1.82, 2.24) is 14.8 Å². The van der Waals surface area contributed by atoms with E-state index in [4.69, 9.17) is 4.74 Å². The highest BCUT2D eigenvalue weighted by atomic mass is 32.1. The number of amides is 2. The monoisotopic (exact) mass is 490 g/mol. The molecule has 0 N–H and O–H groups in total. The standard InChI is InChI=1S/C27H30N4O3S/c1-3-34-25-12-9-22(10-13-25)19-29-15-17-30(18-16-29)26(33)14-11-23-20-35-27(28-23)31(21(2)32)24-7-5-4-6-8-24/h4-14,20H,3,15-19H2,1-2H3/b14-11+. The van der Waals surface area contributed by atoms with Crippen LogP contribution in [0.2, 0.25) is 0 Å². The SMILES string of the molecule is CCOc1ccc(CN2CCN(C(=O)/C=C/c3csc(N(C(C)=O)c4ccccc4)n3)CC2)cc1. The molecule has 7 nitrogen and oxygen atoms in total. The number of piperazine rings is 1. The van der Waals surface area contributed by atoms with Crippen molar-refractivity contribution in [2.24, 2.45) is 0 Å². The van der Waals surface area contributed by atoms with E-state index < -0.39 is 0 Å². The first-order valence-electron chi connectivity index (χ1n) is 11.8. The quantitative estimate of drug-likeness (QED) is 0.433. The second kappa shape index (κ2) is 11.8. The molecular weight excluding hydrogens is 460 g/mol. The average molecular weight is 491 g/mol. The second-order valence-corrected chi connectivity index (χ2v) is 9.09. The van der Waals surface area contributed by atoms with Gasteiger partial charge in [0, 0.05) is 51.1 Å². The number of thiazole rings is 1. The molecule has 1 saturated heterocycles. The summed E-state index contributed by atoms with van der Waals surface area (Å²) in [5.41, 5.74) is 2.67. The summed E-state index contributed by atoms with van der Waals surface area (Å²) in [7, 11) is 0. The average Bonchev–Trinajstić information content (AvgIpc) is 3.33. The Hall–Kier alpha value is -3.49. The number of anilines is 2. The van der Waals surface area contributed by atoms with Crippen LogP contribution in [-0.2, 0) is 16.1 Å². The molecule has 35 heavy (non-hydrogen) atoms. The van der Waals surface area contributed by atoms with Gasteiger partial charge in [0.05, 0.1) is 18.0 Å². The van der Waals surface area contributed by atoms with Crippen LogP contribution >= 0.6 is 11.3 Å². The van der Waals surface area contributed by atoms with Crippen LogP contribution in [0.25, 0.3) is 6.08 Å². The Kier molecular flexibility index (Phi) is 8.28. The van der Waals surface area contributed by atoms with Gasteiger partial charge in [-0.1, -0.05) is 30.3 Å². The first-order valence-corrected chi connectivity index (χ1v) is 12.6. The number of benzene rings is 2. The highest BCUT2D eigenvalue weighted by Crippen LogP contribution is 2.29. The van der Waals surface area contributed by atoms with E-state index >= 15 is 0 Å². The van der Waals surface area contributed by atoms with E-state index in [1.807, 2.05) is 59.7 Å². The molecule has 0 unspecified atom stereocenters. The lowest BCUT2D eigenvalue weighted by Gasteiger charge is -2.34. The fourth-order valence-corrected chi connectivity index (χ4v) is 4.82. The maximum Gasteiger partial charge on any atom is 0.246 e. The van der Waals surface area contributed by atoms with Gasteiger partial charge in [0.1, 0.15) is 5.75 Å². The first kappa shape index (κ1) is 24.6. The minimum absolute atomic E-state index is 0.0215. The van der Waals surface area contributed by atoms with Crippen molar-refractivity contribution in [2.45, 2.75) is 20.4 Å². The lowest BCUT2D eigenvalue weighted by molar-refractivity contribution is -0.127. The molecule has 0 spiro atoms. The van der Waals surface area contributed by atoms with Crippen molar-refractivity contribution in [1.29, 1.82) is 0 Å². The number of aromatic nitrogens is 1. The zero-order valence-electron chi connectivity index (χ0n) is 20.1. The fourth-order valence-electron chi connectivity index (χ4n) is 3.96. The molecule has 1 aliphatic heterocycles. The van der Waals surface area contributed by atoms with Crippen LogP contribution < -0.4 is 9.64 Å². The Bertz CT molecular complexity index is 1150. The lowest BCUT2D eigenvalue weighted by Crippen LogP contribution is -2.47. The molecule has 0 atom stereocenters. The largest absolute Gasteiger partial charge is 0.494 e. The van der Waals surface area contributed by atoms with Gasteiger partial charge in [0.2, 0.25) is 11.8 Å². The Balaban J connectivity index is 1.30. The van der Waals surface area contributed by atoms with E-state index in [0.29, 0.717) is 30.5 Å². The number of para-hydroxylation sites is 1. The van der Waals surface area contributed by atoms with E-state index in [-0.39, 0.29) is 11.8 Å². The molecule has 3 aromatic rings. The summed E-state index contributed by atoms with van der Waals surface area (Å²) in [5.74, 6) is 0.756.